The molecule has 1 heterocycles. The SMILES string of the molecule is O=C(NC(CO)c1ccc(Cl)cc1)c1ccc(=O)[nH]n1. The standard InChI is InChI=1S/C13H12ClN3O3/c14-9-3-1-8(2-4-9)11(7-18)15-13(20)10-5-6-12(19)17-16-10/h1-6,11,18H,7H2,(H,15,20)(H,17,19). The maximum Gasteiger partial charge on any atom is 0.272 e. The number of aliphatic hydroxyl groups is 1. The Morgan fingerprint density at radius 3 is 2.55 bits per heavy atom. The maximum atomic E-state index is 11.9. The van der Waals surface area contributed by atoms with E-state index < -0.39 is 17.5 Å². The highest BCUT2D eigenvalue weighted by molar-refractivity contribution is 6.30. The third-order valence-corrected chi connectivity index (χ3v) is 2.92. The van der Waals surface area contributed by atoms with Crippen LogP contribution in [0, 0.1) is 0 Å². The van der Waals surface area contributed by atoms with E-state index in [0.29, 0.717) is 5.02 Å². The molecule has 1 unspecified atom stereocenters. The van der Waals surface area contributed by atoms with Crippen molar-refractivity contribution in [3.63, 3.8) is 0 Å². The predicted molar refractivity (Wildman–Crippen MR) is 73.6 cm³/mol. The molecule has 2 rings (SSSR count). The van der Waals surface area contributed by atoms with Crippen molar-refractivity contribution in [2.24, 2.45) is 0 Å². The van der Waals surface area contributed by atoms with Crippen molar-refractivity contribution >= 4 is 17.5 Å². The van der Waals surface area contributed by atoms with Gasteiger partial charge in [0.25, 0.3) is 11.5 Å². The lowest BCUT2D eigenvalue weighted by Gasteiger charge is -2.16. The van der Waals surface area contributed by atoms with Gasteiger partial charge in [0.2, 0.25) is 0 Å². The molecule has 7 heteroatoms. The highest BCUT2D eigenvalue weighted by Crippen LogP contribution is 2.16. The molecule has 0 aliphatic rings. The summed E-state index contributed by atoms with van der Waals surface area (Å²) in [5, 5.41) is 18.3. The number of hydrogen-bond acceptors (Lipinski definition) is 4. The summed E-state index contributed by atoms with van der Waals surface area (Å²) in [4.78, 5) is 22.8. The molecule has 1 atom stereocenters. The number of aliphatic hydroxyl groups excluding tert-OH is 1. The number of carbonyl (C=O) groups excluding carboxylic acids is 1. The Morgan fingerprint density at radius 2 is 2.00 bits per heavy atom. The second-order valence-corrected chi connectivity index (χ2v) is 4.50. The zero-order valence-corrected chi connectivity index (χ0v) is 11.1. The van der Waals surface area contributed by atoms with E-state index in [4.69, 9.17) is 11.6 Å². The number of benzene rings is 1. The van der Waals surface area contributed by atoms with Crippen LogP contribution in [0.2, 0.25) is 5.02 Å². The lowest BCUT2D eigenvalue weighted by Crippen LogP contribution is -2.32. The van der Waals surface area contributed by atoms with Gasteiger partial charge in [-0.3, -0.25) is 9.59 Å². The number of halogens is 1. The van der Waals surface area contributed by atoms with Crippen molar-refractivity contribution in [3.05, 3.63) is 63.0 Å². The fraction of sp³-hybridized carbons (Fsp3) is 0.154. The van der Waals surface area contributed by atoms with E-state index in [1.54, 1.807) is 24.3 Å². The summed E-state index contributed by atoms with van der Waals surface area (Å²) in [5.41, 5.74) is 0.393. The van der Waals surface area contributed by atoms with Crippen LogP contribution in [0.1, 0.15) is 22.1 Å². The highest BCUT2D eigenvalue weighted by Gasteiger charge is 2.15. The van der Waals surface area contributed by atoms with Crippen LogP contribution >= 0.6 is 11.6 Å². The molecule has 0 spiro atoms. The van der Waals surface area contributed by atoms with Crippen LogP contribution in [0.25, 0.3) is 0 Å². The molecule has 1 aromatic heterocycles. The minimum Gasteiger partial charge on any atom is -0.394 e. The summed E-state index contributed by atoms with van der Waals surface area (Å²) in [6.45, 7) is -0.267. The molecule has 1 aromatic carbocycles. The number of amides is 1. The van der Waals surface area contributed by atoms with E-state index in [-0.39, 0.29) is 12.3 Å². The minimum atomic E-state index is -0.575. The number of nitrogens with one attached hydrogen (secondary N) is 2. The van der Waals surface area contributed by atoms with Gasteiger partial charge in [0.05, 0.1) is 12.6 Å². The molecular formula is C13H12ClN3O3. The molecule has 2 aromatic rings. The Balaban J connectivity index is 2.13. The number of H-pyrrole nitrogens is 1. The molecule has 0 aliphatic carbocycles. The molecule has 104 valence electrons. The van der Waals surface area contributed by atoms with Gasteiger partial charge < -0.3 is 10.4 Å². The number of aromatic nitrogens is 2. The molecule has 0 saturated carbocycles. The molecule has 0 saturated heterocycles. The smallest absolute Gasteiger partial charge is 0.272 e. The molecule has 6 nitrogen and oxygen atoms in total. The largest absolute Gasteiger partial charge is 0.394 e. The van der Waals surface area contributed by atoms with E-state index in [0.717, 1.165) is 5.56 Å². The van der Waals surface area contributed by atoms with Gasteiger partial charge in [-0.05, 0) is 23.8 Å². The summed E-state index contributed by atoms with van der Waals surface area (Å²) in [5.74, 6) is -0.491. The van der Waals surface area contributed by atoms with Crippen LogP contribution in [0.5, 0.6) is 0 Å². The van der Waals surface area contributed by atoms with Gasteiger partial charge in [-0.1, -0.05) is 23.7 Å². The Hall–Kier alpha value is -2.18. The zero-order valence-electron chi connectivity index (χ0n) is 10.3. The van der Waals surface area contributed by atoms with Crippen LogP contribution in [0.3, 0.4) is 0 Å². The van der Waals surface area contributed by atoms with Crippen LogP contribution in [-0.4, -0.2) is 27.8 Å². The molecule has 1 amide bonds. The van der Waals surface area contributed by atoms with Crippen molar-refractivity contribution in [3.8, 4) is 0 Å². The monoisotopic (exact) mass is 293 g/mol. The summed E-state index contributed by atoms with van der Waals surface area (Å²) in [7, 11) is 0. The van der Waals surface area contributed by atoms with Gasteiger partial charge in [0.1, 0.15) is 5.69 Å². The summed E-state index contributed by atoms with van der Waals surface area (Å²) in [6.07, 6.45) is 0. The zero-order chi connectivity index (χ0) is 14.5. The summed E-state index contributed by atoms with van der Waals surface area (Å²) < 4.78 is 0. The molecule has 20 heavy (non-hydrogen) atoms. The second kappa shape index (κ2) is 6.31. The minimum absolute atomic E-state index is 0.0667. The Bertz CT molecular complexity index is 634. The van der Waals surface area contributed by atoms with Crippen molar-refractivity contribution in [1.82, 2.24) is 15.5 Å². The quantitative estimate of drug-likeness (QED) is 0.780. The fourth-order valence-corrected chi connectivity index (χ4v) is 1.76. The molecule has 0 aliphatic heterocycles. The van der Waals surface area contributed by atoms with E-state index in [2.05, 4.69) is 15.5 Å². The number of hydrogen-bond donors (Lipinski definition) is 3. The van der Waals surface area contributed by atoms with Crippen molar-refractivity contribution < 1.29 is 9.90 Å². The van der Waals surface area contributed by atoms with Crippen LogP contribution in [0.4, 0.5) is 0 Å². The first-order valence-corrected chi connectivity index (χ1v) is 6.21. The van der Waals surface area contributed by atoms with E-state index >= 15 is 0 Å². The first kappa shape index (κ1) is 14.2. The third kappa shape index (κ3) is 3.43. The van der Waals surface area contributed by atoms with Gasteiger partial charge in [-0.15, -0.1) is 0 Å². The van der Waals surface area contributed by atoms with Crippen molar-refractivity contribution in [2.45, 2.75) is 6.04 Å². The molecule has 0 radical (unpaired) electrons. The van der Waals surface area contributed by atoms with Gasteiger partial charge in [-0.2, -0.15) is 5.10 Å². The number of rotatable bonds is 4. The van der Waals surface area contributed by atoms with Crippen molar-refractivity contribution in [1.29, 1.82) is 0 Å². The van der Waals surface area contributed by atoms with Crippen LogP contribution in [-0.2, 0) is 0 Å². The Labute approximate surface area is 119 Å². The lowest BCUT2D eigenvalue weighted by atomic mass is 10.1. The van der Waals surface area contributed by atoms with Gasteiger partial charge in [0, 0.05) is 11.1 Å². The first-order chi connectivity index (χ1) is 9.60. The summed E-state index contributed by atoms with van der Waals surface area (Å²) in [6, 6.07) is 8.71. The van der Waals surface area contributed by atoms with Crippen LogP contribution in [0.15, 0.2) is 41.2 Å². The maximum absolute atomic E-state index is 11.9. The van der Waals surface area contributed by atoms with E-state index in [9.17, 15) is 14.7 Å². The molecule has 0 fully saturated rings. The lowest BCUT2D eigenvalue weighted by molar-refractivity contribution is 0.0910. The van der Waals surface area contributed by atoms with Gasteiger partial charge >= 0.3 is 0 Å². The van der Waals surface area contributed by atoms with E-state index in [1.807, 2.05) is 0 Å². The fourth-order valence-electron chi connectivity index (χ4n) is 1.63. The Kier molecular flexibility index (Phi) is 4.49. The number of aromatic amines is 1. The third-order valence-electron chi connectivity index (χ3n) is 2.67. The highest BCUT2D eigenvalue weighted by atomic mass is 35.5. The van der Waals surface area contributed by atoms with Gasteiger partial charge in [-0.25, -0.2) is 5.10 Å². The summed E-state index contributed by atoms with van der Waals surface area (Å²) >= 11 is 5.78. The second-order valence-electron chi connectivity index (χ2n) is 4.07. The normalized spacial score (nSPS) is 11.9. The Morgan fingerprint density at radius 1 is 1.30 bits per heavy atom. The topological polar surface area (TPSA) is 95.1 Å². The number of carbonyl (C=O) groups is 1. The predicted octanol–water partition coefficient (Wildman–Crippen LogP) is 0.887. The molecule has 3 N–H and O–H groups in total. The average Bonchev–Trinajstić information content (AvgIpc) is 2.46. The first-order valence-electron chi connectivity index (χ1n) is 5.83. The molecular weight excluding hydrogens is 282 g/mol. The van der Waals surface area contributed by atoms with Crippen LogP contribution < -0.4 is 10.9 Å². The number of nitrogens with zero attached hydrogens (tertiary/aromatic N) is 1. The molecule has 0 bridgehead atoms. The average molecular weight is 294 g/mol. The van der Waals surface area contributed by atoms with E-state index in [1.165, 1.54) is 12.1 Å². The van der Waals surface area contributed by atoms with Gasteiger partial charge in [0.15, 0.2) is 0 Å². The van der Waals surface area contributed by atoms with Crippen molar-refractivity contribution in [2.75, 3.05) is 6.61 Å².